The Bertz CT molecular complexity index is 309. The van der Waals surface area contributed by atoms with Gasteiger partial charge < -0.3 is 15.7 Å². The van der Waals surface area contributed by atoms with Crippen molar-refractivity contribution in [2.24, 2.45) is 5.92 Å². The van der Waals surface area contributed by atoms with Gasteiger partial charge in [0.15, 0.2) is 0 Å². The Morgan fingerprint density at radius 2 is 2.00 bits per heavy atom. The zero-order chi connectivity index (χ0) is 12.3. The van der Waals surface area contributed by atoms with Crippen LogP contribution >= 0.6 is 0 Å². The number of amides is 2. The summed E-state index contributed by atoms with van der Waals surface area (Å²) in [5.41, 5.74) is -0.491. The Balaban J connectivity index is 1.69. The lowest BCUT2D eigenvalue weighted by molar-refractivity contribution is -0.139. The molecular formula is C12H20N2O3. The van der Waals surface area contributed by atoms with Crippen molar-refractivity contribution in [2.45, 2.75) is 50.5 Å². The maximum Gasteiger partial charge on any atom is 0.315 e. The van der Waals surface area contributed by atoms with Crippen LogP contribution in [0.2, 0.25) is 0 Å². The predicted octanol–water partition coefficient (Wildman–Crippen LogP) is 1.48. The summed E-state index contributed by atoms with van der Waals surface area (Å²) >= 11 is 0. The number of urea groups is 1. The van der Waals surface area contributed by atoms with Crippen molar-refractivity contribution < 1.29 is 14.7 Å². The van der Waals surface area contributed by atoms with Crippen molar-refractivity contribution in [3.63, 3.8) is 0 Å². The fourth-order valence-electron chi connectivity index (χ4n) is 2.32. The van der Waals surface area contributed by atoms with Gasteiger partial charge in [-0.2, -0.15) is 0 Å². The summed E-state index contributed by atoms with van der Waals surface area (Å²) in [6, 6.07) is -0.216. The maximum atomic E-state index is 11.6. The highest BCUT2D eigenvalue weighted by atomic mass is 16.4. The van der Waals surface area contributed by atoms with Gasteiger partial charge in [-0.15, -0.1) is 0 Å². The number of carbonyl (C=O) groups is 2. The molecule has 0 unspecified atom stereocenters. The largest absolute Gasteiger partial charge is 0.481 e. The lowest BCUT2D eigenvalue weighted by Crippen LogP contribution is -2.57. The van der Waals surface area contributed by atoms with E-state index in [1.807, 2.05) is 0 Å². The molecule has 2 fully saturated rings. The van der Waals surface area contributed by atoms with E-state index >= 15 is 0 Å². The molecule has 2 aliphatic rings. The first kappa shape index (κ1) is 12.2. The van der Waals surface area contributed by atoms with Crippen molar-refractivity contribution in [2.75, 3.05) is 6.54 Å². The van der Waals surface area contributed by atoms with Gasteiger partial charge in [-0.25, -0.2) is 4.79 Å². The van der Waals surface area contributed by atoms with E-state index in [0.717, 1.165) is 31.6 Å². The third-order valence-electron chi connectivity index (χ3n) is 3.71. The van der Waals surface area contributed by atoms with Crippen LogP contribution in [0.5, 0.6) is 0 Å². The van der Waals surface area contributed by atoms with E-state index in [1.54, 1.807) is 0 Å². The molecule has 0 atom stereocenters. The predicted molar refractivity (Wildman–Crippen MR) is 62.7 cm³/mol. The SMILES string of the molecule is O=C(O)CC1(NC(=O)NCCC2CC2)CCC1. The van der Waals surface area contributed by atoms with Gasteiger partial charge in [0.25, 0.3) is 0 Å². The van der Waals surface area contributed by atoms with Crippen LogP contribution in [0.1, 0.15) is 44.9 Å². The molecule has 96 valence electrons. The second-order valence-corrected chi connectivity index (χ2v) is 5.32. The van der Waals surface area contributed by atoms with E-state index in [4.69, 9.17) is 5.11 Å². The highest BCUT2D eigenvalue weighted by molar-refractivity contribution is 5.77. The number of carboxylic acids is 1. The maximum absolute atomic E-state index is 11.6. The smallest absolute Gasteiger partial charge is 0.315 e. The van der Waals surface area contributed by atoms with Gasteiger partial charge >= 0.3 is 12.0 Å². The molecule has 0 heterocycles. The Kier molecular flexibility index (Phi) is 3.54. The zero-order valence-corrected chi connectivity index (χ0v) is 10.00. The van der Waals surface area contributed by atoms with Gasteiger partial charge in [0.05, 0.1) is 12.0 Å². The zero-order valence-electron chi connectivity index (χ0n) is 10.00. The van der Waals surface area contributed by atoms with Crippen LogP contribution in [0.4, 0.5) is 4.79 Å². The molecule has 0 aromatic carbocycles. The summed E-state index contributed by atoms with van der Waals surface area (Å²) in [6.07, 6.45) is 6.18. The minimum Gasteiger partial charge on any atom is -0.481 e. The topological polar surface area (TPSA) is 78.4 Å². The number of hydrogen-bond donors (Lipinski definition) is 3. The lowest BCUT2D eigenvalue weighted by Gasteiger charge is -2.41. The molecule has 2 aliphatic carbocycles. The first-order chi connectivity index (χ1) is 8.10. The molecule has 2 rings (SSSR count). The normalized spacial score (nSPS) is 21.4. The van der Waals surface area contributed by atoms with Gasteiger partial charge in [-0.05, 0) is 31.6 Å². The van der Waals surface area contributed by atoms with Crippen molar-refractivity contribution in [3.8, 4) is 0 Å². The van der Waals surface area contributed by atoms with Crippen molar-refractivity contribution >= 4 is 12.0 Å². The van der Waals surface area contributed by atoms with E-state index in [9.17, 15) is 9.59 Å². The fraction of sp³-hybridized carbons (Fsp3) is 0.833. The number of hydrogen-bond acceptors (Lipinski definition) is 2. The quantitative estimate of drug-likeness (QED) is 0.658. The minimum absolute atomic E-state index is 0.0308. The molecule has 0 aromatic heterocycles. The van der Waals surface area contributed by atoms with Gasteiger partial charge in [-0.1, -0.05) is 12.8 Å². The second-order valence-electron chi connectivity index (χ2n) is 5.32. The molecule has 0 radical (unpaired) electrons. The summed E-state index contributed by atoms with van der Waals surface area (Å²) in [4.78, 5) is 22.3. The Morgan fingerprint density at radius 1 is 1.29 bits per heavy atom. The molecule has 5 heteroatoms. The van der Waals surface area contributed by atoms with Crippen molar-refractivity contribution in [1.29, 1.82) is 0 Å². The molecule has 2 amide bonds. The van der Waals surface area contributed by atoms with Gasteiger partial charge in [0.1, 0.15) is 0 Å². The summed E-state index contributed by atoms with van der Waals surface area (Å²) < 4.78 is 0. The van der Waals surface area contributed by atoms with Crippen LogP contribution in [0.25, 0.3) is 0 Å². The average Bonchev–Trinajstić information content (AvgIpc) is 2.97. The Morgan fingerprint density at radius 3 is 2.47 bits per heavy atom. The van der Waals surface area contributed by atoms with E-state index in [1.165, 1.54) is 12.8 Å². The second kappa shape index (κ2) is 4.94. The molecule has 17 heavy (non-hydrogen) atoms. The Labute approximate surface area is 101 Å². The third kappa shape index (κ3) is 3.61. The molecule has 3 N–H and O–H groups in total. The number of rotatable bonds is 6. The fourth-order valence-corrected chi connectivity index (χ4v) is 2.32. The first-order valence-corrected chi connectivity index (χ1v) is 6.37. The highest BCUT2D eigenvalue weighted by Gasteiger charge is 2.40. The van der Waals surface area contributed by atoms with Crippen LogP contribution < -0.4 is 10.6 Å². The van der Waals surface area contributed by atoms with Gasteiger partial charge in [0, 0.05) is 6.54 Å². The standard InChI is InChI=1S/C12H20N2O3/c15-10(16)8-12(5-1-6-12)14-11(17)13-7-4-9-2-3-9/h9H,1-8H2,(H,15,16)(H2,13,14,17). The summed E-state index contributed by atoms with van der Waals surface area (Å²) in [6.45, 7) is 0.694. The van der Waals surface area contributed by atoms with Crippen LogP contribution in [0.15, 0.2) is 0 Å². The van der Waals surface area contributed by atoms with Crippen LogP contribution in [0.3, 0.4) is 0 Å². The molecule has 0 saturated heterocycles. The third-order valence-corrected chi connectivity index (χ3v) is 3.71. The number of nitrogens with one attached hydrogen (secondary N) is 2. The van der Waals surface area contributed by atoms with E-state index < -0.39 is 11.5 Å². The molecule has 0 aliphatic heterocycles. The minimum atomic E-state index is -0.844. The number of carbonyl (C=O) groups excluding carboxylic acids is 1. The lowest BCUT2D eigenvalue weighted by atomic mass is 9.74. The van der Waals surface area contributed by atoms with E-state index in [2.05, 4.69) is 10.6 Å². The van der Waals surface area contributed by atoms with E-state index in [0.29, 0.717) is 6.54 Å². The number of aliphatic carboxylic acids is 1. The molecule has 5 nitrogen and oxygen atoms in total. The molecule has 0 bridgehead atoms. The monoisotopic (exact) mass is 240 g/mol. The van der Waals surface area contributed by atoms with Crippen molar-refractivity contribution in [3.05, 3.63) is 0 Å². The highest BCUT2D eigenvalue weighted by Crippen LogP contribution is 2.35. The van der Waals surface area contributed by atoms with Crippen LogP contribution in [-0.4, -0.2) is 29.2 Å². The molecular weight excluding hydrogens is 220 g/mol. The van der Waals surface area contributed by atoms with Crippen LogP contribution in [-0.2, 0) is 4.79 Å². The van der Waals surface area contributed by atoms with Gasteiger partial charge in [0.2, 0.25) is 0 Å². The van der Waals surface area contributed by atoms with E-state index in [-0.39, 0.29) is 12.5 Å². The first-order valence-electron chi connectivity index (χ1n) is 6.37. The summed E-state index contributed by atoms with van der Waals surface area (Å²) in [5, 5.41) is 14.4. The molecule has 2 saturated carbocycles. The van der Waals surface area contributed by atoms with Crippen molar-refractivity contribution in [1.82, 2.24) is 10.6 Å². The molecule has 0 aromatic rings. The summed E-state index contributed by atoms with van der Waals surface area (Å²) in [5.74, 6) is -0.0463. The average molecular weight is 240 g/mol. The number of carboxylic acid groups (broad SMARTS) is 1. The molecule has 0 spiro atoms. The van der Waals surface area contributed by atoms with Gasteiger partial charge in [-0.3, -0.25) is 4.79 Å². The summed E-state index contributed by atoms with van der Waals surface area (Å²) in [7, 11) is 0. The van der Waals surface area contributed by atoms with Crippen LogP contribution in [0, 0.1) is 5.92 Å². The Hall–Kier alpha value is -1.26.